The average molecular weight is 486 g/mol. The third-order valence-corrected chi connectivity index (χ3v) is 7.35. The van der Waals surface area contributed by atoms with Gasteiger partial charge in [0.1, 0.15) is 18.8 Å². The van der Waals surface area contributed by atoms with E-state index in [2.05, 4.69) is 15.3 Å². The zero-order chi connectivity index (χ0) is 23.9. The Kier molecular flexibility index (Phi) is 6.26. The topological polar surface area (TPSA) is 54.9 Å². The Morgan fingerprint density at radius 3 is 2.42 bits per heavy atom. The summed E-state index contributed by atoms with van der Waals surface area (Å²) in [6.07, 6.45) is 1.51. The van der Waals surface area contributed by atoms with Crippen LogP contribution in [0.25, 0.3) is 22.0 Å². The molecule has 33 heavy (non-hydrogen) atoms. The molecule has 1 unspecified atom stereocenters. The number of hydrogen-bond donors (Lipinski definition) is 1. The van der Waals surface area contributed by atoms with Crippen LogP contribution in [0.2, 0.25) is 5.02 Å². The summed E-state index contributed by atoms with van der Waals surface area (Å²) in [4.78, 5) is 8.71. The summed E-state index contributed by atoms with van der Waals surface area (Å²) in [5, 5.41) is 4.28. The van der Waals surface area contributed by atoms with E-state index in [1.54, 1.807) is 56.7 Å². The number of benzene rings is 2. The number of hydrogen-bond acceptors (Lipinski definition) is 4. The van der Waals surface area contributed by atoms with Crippen LogP contribution in [0.4, 0.5) is 14.5 Å². The molecular weight excluding hydrogens is 463 g/mol. The van der Waals surface area contributed by atoms with Crippen LogP contribution in [-0.2, 0) is 4.57 Å². The van der Waals surface area contributed by atoms with Gasteiger partial charge in [0.05, 0.1) is 33.4 Å². The van der Waals surface area contributed by atoms with Crippen molar-refractivity contribution >= 4 is 40.8 Å². The standard InChI is InChI=1S/C25H23ClF2N3OP/c1-14(17-7-5-6-8-20(17)27)31-25-19-11-18(16-9-10-23(29-13-16)33(3,4)32)21(28)12-22(19)30-15(2)24(25)26/h5-14H,1-4H3,(H,30,31). The van der Waals surface area contributed by atoms with Crippen LogP contribution in [-0.4, -0.2) is 23.3 Å². The second-order valence-electron chi connectivity index (χ2n) is 8.38. The molecule has 0 aliphatic carbocycles. The van der Waals surface area contributed by atoms with Crippen LogP contribution in [0.3, 0.4) is 0 Å². The number of aromatic nitrogens is 2. The molecular formula is C25H23ClF2N3OP. The molecule has 4 aromatic rings. The van der Waals surface area contributed by atoms with Gasteiger partial charge in [-0.1, -0.05) is 35.9 Å². The summed E-state index contributed by atoms with van der Waals surface area (Å²) in [5.74, 6) is -0.790. The molecule has 8 heteroatoms. The lowest BCUT2D eigenvalue weighted by Crippen LogP contribution is -2.10. The normalized spacial score (nSPS) is 12.7. The first-order chi connectivity index (χ1) is 15.6. The fourth-order valence-corrected chi connectivity index (χ4v) is 4.70. The molecule has 2 aromatic heterocycles. The van der Waals surface area contributed by atoms with Crippen molar-refractivity contribution in [2.24, 2.45) is 0 Å². The highest BCUT2D eigenvalue weighted by atomic mass is 35.5. The van der Waals surface area contributed by atoms with Gasteiger partial charge < -0.3 is 9.88 Å². The highest BCUT2D eigenvalue weighted by molar-refractivity contribution is 7.69. The Bertz CT molecular complexity index is 1400. The van der Waals surface area contributed by atoms with Crippen LogP contribution in [0.5, 0.6) is 0 Å². The predicted molar refractivity (Wildman–Crippen MR) is 132 cm³/mol. The number of anilines is 1. The van der Waals surface area contributed by atoms with Crippen molar-refractivity contribution in [1.29, 1.82) is 0 Å². The van der Waals surface area contributed by atoms with Gasteiger partial charge in [-0.2, -0.15) is 0 Å². The molecule has 0 bridgehead atoms. The molecule has 4 rings (SSSR count). The average Bonchev–Trinajstić information content (AvgIpc) is 2.76. The van der Waals surface area contributed by atoms with E-state index in [1.807, 2.05) is 6.92 Å². The molecule has 0 aliphatic heterocycles. The smallest absolute Gasteiger partial charge is 0.133 e. The van der Waals surface area contributed by atoms with E-state index in [0.717, 1.165) is 0 Å². The van der Waals surface area contributed by atoms with Crippen molar-refractivity contribution in [3.05, 3.63) is 82.6 Å². The molecule has 0 saturated heterocycles. The second kappa shape index (κ2) is 8.85. The van der Waals surface area contributed by atoms with Crippen molar-refractivity contribution in [2.75, 3.05) is 18.6 Å². The Hall–Kier alpha value is -2.82. The summed E-state index contributed by atoms with van der Waals surface area (Å²) in [6.45, 7) is 6.84. The van der Waals surface area contributed by atoms with E-state index in [1.165, 1.54) is 18.3 Å². The third kappa shape index (κ3) is 4.64. The molecule has 1 atom stereocenters. The van der Waals surface area contributed by atoms with Crippen LogP contribution in [0.15, 0.2) is 54.7 Å². The molecule has 2 aromatic carbocycles. The largest absolute Gasteiger partial charge is 0.377 e. The molecule has 0 aliphatic rings. The Labute approximate surface area is 196 Å². The van der Waals surface area contributed by atoms with Crippen LogP contribution in [0, 0.1) is 18.6 Å². The molecule has 1 N–H and O–H groups in total. The van der Waals surface area contributed by atoms with Gasteiger partial charge in [-0.3, -0.25) is 9.97 Å². The minimum atomic E-state index is -2.52. The minimum Gasteiger partial charge on any atom is -0.377 e. The summed E-state index contributed by atoms with van der Waals surface area (Å²) in [5.41, 5.74) is 3.33. The molecule has 0 amide bonds. The van der Waals surface area contributed by atoms with Gasteiger partial charge in [0.15, 0.2) is 0 Å². The lowest BCUT2D eigenvalue weighted by atomic mass is 10.0. The highest BCUT2D eigenvalue weighted by Crippen LogP contribution is 2.39. The highest BCUT2D eigenvalue weighted by Gasteiger charge is 2.19. The SMILES string of the molecule is Cc1nc2cc(F)c(-c3ccc(P(C)(C)=O)nc3)cc2c(NC(C)c2ccccc2F)c1Cl. The summed E-state index contributed by atoms with van der Waals surface area (Å²) < 4.78 is 41.7. The maximum atomic E-state index is 15.1. The Balaban J connectivity index is 1.84. The fraction of sp³-hybridized carbons (Fsp3) is 0.200. The van der Waals surface area contributed by atoms with Crippen LogP contribution >= 0.6 is 18.7 Å². The monoisotopic (exact) mass is 485 g/mol. The number of halogens is 3. The zero-order valence-corrected chi connectivity index (χ0v) is 20.3. The zero-order valence-electron chi connectivity index (χ0n) is 18.7. The molecule has 0 saturated carbocycles. The van der Waals surface area contributed by atoms with Gasteiger partial charge in [-0.05, 0) is 45.4 Å². The van der Waals surface area contributed by atoms with Crippen molar-refractivity contribution in [3.63, 3.8) is 0 Å². The minimum absolute atomic E-state index is 0.312. The fourth-order valence-electron chi connectivity index (χ4n) is 3.73. The van der Waals surface area contributed by atoms with Gasteiger partial charge in [0.25, 0.3) is 0 Å². The van der Waals surface area contributed by atoms with Gasteiger partial charge >= 0.3 is 0 Å². The molecule has 0 fully saturated rings. The first-order valence-electron chi connectivity index (χ1n) is 10.4. The maximum absolute atomic E-state index is 15.1. The molecule has 170 valence electrons. The van der Waals surface area contributed by atoms with Gasteiger partial charge in [-0.25, -0.2) is 8.78 Å². The van der Waals surface area contributed by atoms with E-state index >= 15 is 4.39 Å². The molecule has 4 nitrogen and oxygen atoms in total. The first-order valence-corrected chi connectivity index (χ1v) is 13.4. The number of nitrogens with zero attached hydrogens (tertiary/aromatic N) is 2. The predicted octanol–water partition coefficient (Wildman–Crippen LogP) is 6.96. The lowest BCUT2D eigenvalue weighted by Gasteiger charge is -2.20. The summed E-state index contributed by atoms with van der Waals surface area (Å²) >= 11 is 6.60. The number of fused-ring (bicyclic) bond motifs is 1. The molecule has 0 spiro atoms. The Morgan fingerprint density at radius 2 is 1.79 bits per heavy atom. The quantitative estimate of drug-likeness (QED) is 0.310. The van der Waals surface area contributed by atoms with E-state index in [4.69, 9.17) is 11.6 Å². The van der Waals surface area contributed by atoms with E-state index < -0.39 is 19.0 Å². The number of nitrogens with one attached hydrogen (secondary N) is 1. The van der Waals surface area contributed by atoms with Gasteiger partial charge in [-0.15, -0.1) is 0 Å². The molecule has 0 radical (unpaired) electrons. The summed E-state index contributed by atoms with van der Waals surface area (Å²) in [6, 6.07) is 12.5. The van der Waals surface area contributed by atoms with Gasteiger partial charge in [0.2, 0.25) is 0 Å². The van der Waals surface area contributed by atoms with Crippen LogP contribution < -0.4 is 10.8 Å². The van der Waals surface area contributed by atoms with E-state index in [9.17, 15) is 8.96 Å². The maximum Gasteiger partial charge on any atom is 0.133 e. The van der Waals surface area contributed by atoms with Crippen LogP contribution in [0.1, 0.15) is 24.2 Å². The Morgan fingerprint density at radius 1 is 1.06 bits per heavy atom. The van der Waals surface area contributed by atoms with E-state index in [0.29, 0.717) is 49.4 Å². The summed E-state index contributed by atoms with van der Waals surface area (Å²) in [7, 11) is -2.52. The van der Waals surface area contributed by atoms with Crippen molar-refractivity contribution in [1.82, 2.24) is 9.97 Å². The number of pyridine rings is 2. The third-order valence-electron chi connectivity index (χ3n) is 5.52. The lowest BCUT2D eigenvalue weighted by molar-refractivity contribution is 0.587. The second-order valence-corrected chi connectivity index (χ2v) is 11.9. The van der Waals surface area contributed by atoms with Crippen molar-refractivity contribution < 1.29 is 13.3 Å². The van der Waals surface area contributed by atoms with Gasteiger partial charge in [0, 0.05) is 34.3 Å². The number of aryl methyl sites for hydroxylation is 1. The number of rotatable bonds is 5. The van der Waals surface area contributed by atoms with Crippen molar-refractivity contribution in [2.45, 2.75) is 19.9 Å². The first kappa shape index (κ1) is 23.3. The molecule has 2 heterocycles. The van der Waals surface area contributed by atoms with Crippen molar-refractivity contribution in [3.8, 4) is 11.1 Å². The van der Waals surface area contributed by atoms with E-state index in [-0.39, 0.29) is 5.82 Å².